The fourth-order valence-electron chi connectivity index (χ4n) is 2.68. The highest BCUT2D eigenvalue weighted by molar-refractivity contribution is 7.89. The van der Waals surface area contributed by atoms with Crippen molar-refractivity contribution in [1.82, 2.24) is 4.72 Å². The fraction of sp³-hybridized carbons (Fsp3) is 0.389. The molecule has 0 radical (unpaired) electrons. The van der Waals surface area contributed by atoms with E-state index in [1.807, 2.05) is 19.9 Å². The van der Waals surface area contributed by atoms with Gasteiger partial charge in [0.05, 0.1) is 11.5 Å². The first-order valence-electron chi connectivity index (χ1n) is 8.28. The summed E-state index contributed by atoms with van der Waals surface area (Å²) in [6, 6.07) is 9.26. The van der Waals surface area contributed by atoms with Crippen LogP contribution in [0.25, 0.3) is 10.8 Å². The largest absolute Gasteiger partial charge is 0.493 e. The number of carbonyl (C=O) groups excluding carboxylic acids is 1. The van der Waals surface area contributed by atoms with Gasteiger partial charge in [-0.05, 0) is 25.0 Å². The third kappa shape index (κ3) is 4.11. The summed E-state index contributed by atoms with van der Waals surface area (Å²) in [5, 5.41) is 1.24. The molecule has 2 atom stereocenters. The van der Waals surface area contributed by atoms with Crippen LogP contribution in [0.3, 0.4) is 0 Å². The molecule has 7 heteroatoms. The molecule has 3 N–H and O–H groups in total. The van der Waals surface area contributed by atoms with E-state index in [9.17, 15) is 13.2 Å². The van der Waals surface area contributed by atoms with Crippen LogP contribution in [0.15, 0.2) is 41.3 Å². The van der Waals surface area contributed by atoms with Crippen LogP contribution < -0.4 is 15.2 Å². The maximum absolute atomic E-state index is 12.9. The summed E-state index contributed by atoms with van der Waals surface area (Å²) in [6.07, 6.45) is 0.625. The molecule has 2 rings (SSSR count). The van der Waals surface area contributed by atoms with Gasteiger partial charge in [-0.2, -0.15) is 4.72 Å². The van der Waals surface area contributed by atoms with Crippen molar-refractivity contribution >= 4 is 26.7 Å². The zero-order valence-corrected chi connectivity index (χ0v) is 15.5. The third-order valence-corrected chi connectivity index (χ3v) is 5.73. The predicted molar refractivity (Wildman–Crippen MR) is 97.9 cm³/mol. The van der Waals surface area contributed by atoms with Crippen molar-refractivity contribution in [2.45, 2.75) is 38.1 Å². The Hall–Kier alpha value is -2.12. The van der Waals surface area contributed by atoms with Gasteiger partial charge in [0.15, 0.2) is 0 Å². The third-order valence-electron chi connectivity index (χ3n) is 4.24. The van der Waals surface area contributed by atoms with Crippen LogP contribution in [0, 0.1) is 5.92 Å². The first kappa shape index (κ1) is 19.2. The molecular weight excluding hydrogens is 340 g/mol. The van der Waals surface area contributed by atoms with Crippen molar-refractivity contribution in [2.75, 3.05) is 6.61 Å². The molecule has 0 fully saturated rings. The molecule has 2 aromatic rings. The second kappa shape index (κ2) is 7.84. The normalized spacial score (nSPS) is 14.2. The van der Waals surface area contributed by atoms with Crippen molar-refractivity contribution in [3.8, 4) is 5.75 Å². The Labute approximate surface area is 148 Å². The Morgan fingerprint density at radius 1 is 1.16 bits per heavy atom. The maximum atomic E-state index is 12.9. The Bertz CT molecular complexity index is 865. The number of hydrogen-bond acceptors (Lipinski definition) is 4. The van der Waals surface area contributed by atoms with Gasteiger partial charge in [-0.3, -0.25) is 4.79 Å². The summed E-state index contributed by atoms with van der Waals surface area (Å²) in [4.78, 5) is 11.8. The summed E-state index contributed by atoms with van der Waals surface area (Å²) in [5.41, 5.74) is 5.39. The highest BCUT2D eigenvalue weighted by Gasteiger charge is 2.29. The van der Waals surface area contributed by atoms with Crippen LogP contribution in [-0.4, -0.2) is 27.0 Å². The van der Waals surface area contributed by atoms with Gasteiger partial charge in [-0.15, -0.1) is 0 Å². The lowest BCUT2D eigenvalue weighted by Crippen LogP contribution is -2.48. The topological polar surface area (TPSA) is 98.5 Å². The SMILES string of the molecule is CCOc1ccc(S(=O)(=O)NC(C(N)=O)C(C)CC)c2ccccc12. The summed E-state index contributed by atoms with van der Waals surface area (Å²) >= 11 is 0. The van der Waals surface area contributed by atoms with Crippen LogP contribution in [0.1, 0.15) is 27.2 Å². The van der Waals surface area contributed by atoms with Gasteiger partial charge in [-0.25, -0.2) is 8.42 Å². The van der Waals surface area contributed by atoms with E-state index < -0.39 is 22.0 Å². The molecule has 0 saturated heterocycles. The molecule has 25 heavy (non-hydrogen) atoms. The van der Waals surface area contributed by atoms with Crippen molar-refractivity contribution in [3.05, 3.63) is 36.4 Å². The summed E-state index contributed by atoms with van der Waals surface area (Å²) in [6.45, 7) is 6.01. The van der Waals surface area contributed by atoms with Gasteiger partial charge in [0.25, 0.3) is 0 Å². The Balaban J connectivity index is 2.53. The zero-order valence-electron chi connectivity index (χ0n) is 14.7. The van der Waals surface area contributed by atoms with Gasteiger partial charge in [0.2, 0.25) is 15.9 Å². The van der Waals surface area contributed by atoms with Crippen molar-refractivity contribution in [2.24, 2.45) is 11.7 Å². The molecule has 6 nitrogen and oxygen atoms in total. The van der Waals surface area contributed by atoms with Crippen LogP contribution in [0.2, 0.25) is 0 Å². The van der Waals surface area contributed by atoms with E-state index in [1.54, 1.807) is 31.2 Å². The smallest absolute Gasteiger partial charge is 0.241 e. The summed E-state index contributed by atoms with van der Waals surface area (Å²) in [5.74, 6) is -0.278. The van der Waals surface area contributed by atoms with Gasteiger partial charge in [0, 0.05) is 10.8 Å². The van der Waals surface area contributed by atoms with Gasteiger partial charge >= 0.3 is 0 Å². The highest BCUT2D eigenvalue weighted by Crippen LogP contribution is 2.31. The number of rotatable bonds is 8. The highest BCUT2D eigenvalue weighted by atomic mass is 32.2. The average molecular weight is 364 g/mol. The molecular formula is C18H24N2O4S. The number of nitrogens with two attached hydrogens (primary N) is 1. The van der Waals surface area contributed by atoms with Crippen LogP contribution in [-0.2, 0) is 14.8 Å². The van der Waals surface area contributed by atoms with Gasteiger partial charge in [0.1, 0.15) is 11.8 Å². The molecule has 0 spiro atoms. The van der Waals surface area contributed by atoms with E-state index in [-0.39, 0.29) is 10.8 Å². The van der Waals surface area contributed by atoms with Gasteiger partial charge in [-0.1, -0.05) is 44.5 Å². The first-order chi connectivity index (χ1) is 11.8. The number of benzene rings is 2. The average Bonchev–Trinajstić information content (AvgIpc) is 2.59. The molecule has 0 heterocycles. The summed E-state index contributed by atoms with van der Waals surface area (Å²) in [7, 11) is -3.92. The van der Waals surface area contributed by atoms with E-state index >= 15 is 0 Å². The van der Waals surface area contributed by atoms with E-state index in [4.69, 9.17) is 10.5 Å². The van der Waals surface area contributed by atoms with Crippen molar-refractivity contribution in [3.63, 3.8) is 0 Å². The number of hydrogen-bond donors (Lipinski definition) is 2. The molecule has 0 aliphatic rings. The predicted octanol–water partition coefficient (Wildman–Crippen LogP) is 2.42. The monoisotopic (exact) mass is 364 g/mol. The van der Waals surface area contributed by atoms with Crippen molar-refractivity contribution in [1.29, 1.82) is 0 Å². The van der Waals surface area contributed by atoms with Gasteiger partial charge < -0.3 is 10.5 Å². The molecule has 0 aromatic heterocycles. The van der Waals surface area contributed by atoms with E-state index in [1.165, 1.54) is 6.07 Å². The fourth-order valence-corrected chi connectivity index (χ4v) is 4.20. The van der Waals surface area contributed by atoms with Crippen molar-refractivity contribution < 1.29 is 17.9 Å². The number of fused-ring (bicyclic) bond motifs is 1. The van der Waals surface area contributed by atoms with Crippen LogP contribution >= 0.6 is 0 Å². The number of carbonyl (C=O) groups is 1. The maximum Gasteiger partial charge on any atom is 0.241 e. The molecule has 0 aliphatic carbocycles. The Kier molecular flexibility index (Phi) is 6.02. The van der Waals surface area contributed by atoms with E-state index in [0.717, 1.165) is 0 Å². The number of nitrogens with one attached hydrogen (secondary N) is 1. The second-order valence-corrected chi connectivity index (χ2v) is 7.61. The number of primary amides is 1. The number of ether oxygens (including phenoxy) is 1. The minimum absolute atomic E-state index is 0.0982. The van der Waals surface area contributed by atoms with Crippen LogP contribution in [0.4, 0.5) is 0 Å². The molecule has 0 saturated carbocycles. The number of sulfonamides is 1. The lowest BCUT2D eigenvalue weighted by molar-refractivity contribution is -0.120. The number of amides is 1. The van der Waals surface area contributed by atoms with E-state index in [0.29, 0.717) is 29.5 Å². The second-order valence-electron chi connectivity index (χ2n) is 5.93. The molecule has 2 aromatic carbocycles. The Morgan fingerprint density at radius 2 is 1.80 bits per heavy atom. The first-order valence-corrected chi connectivity index (χ1v) is 9.76. The molecule has 0 aliphatic heterocycles. The zero-order chi connectivity index (χ0) is 18.6. The summed E-state index contributed by atoms with van der Waals surface area (Å²) < 4.78 is 33.8. The minimum Gasteiger partial charge on any atom is -0.493 e. The minimum atomic E-state index is -3.92. The van der Waals surface area contributed by atoms with E-state index in [2.05, 4.69) is 4.72 Å². The standard InChI is InChI=1S/C18H24N2O4S/c1-4-12(3)17(18(19)21)20-25(22,23)16-11-10-15(24-5-2)13-8-6-7-9-14(13)16/h6-12,17,20H,4-5H2,1-3H3,(H2,19,21). The lowest BCUT2D eigenvalue weighted by atomic mass is 10.00. The van der Waals surface area contributed by atoms with Crippen LogP contribution in [0.5, 0.6) is 5.75 Å². The molecule has 0 bridgehead atoms. The molecule has 1 amide bonds. The lowest BCUT2D eigenvalue weighted by Gasteiger charge is -2.21. The Morgan fingerprint density at radius 3 is 2.36 bits per heavy atom. The molecule has 136 valence electrons. The quantitative estimate of drug-likeness (QED) is 0.751. The molecule has 2 unspecified atom stereocenters.